The van der Waals surface area contributed by atoms with Crippen molar-refractivity contribution in [2.24, 2.45) is 0 Å². The van der Waals surface area contributed by atoms with Gasteiger partial charge in [-0.3, -0.25) is 9.36 Å². The number of aromatic nitrogens is 2. The van der Waals surface area contributed by atoms with Crippen molar-refractivity contribution in [2.75, 3.05) is 0 Å². The highest BCUT2D eigenvalue weighted by Crippen LogP contribution is 2.19. The Labute approximate surface area is 144 Å². The molecule has 0 saturated carbocycles. The van der Waals surface area contributed by atoms with E-state index in [-0.39, 0.29) is 11.4 Å². The van der Waals surface area contributed by atoms with Crippen molar-refractivity contribution in [3.63, 3.8) is 0 Å². The van der Waals surface area contributed by atoms with Crippen LogP contribution in [0.15, 0.2) is 64.7 Å². The number of aryl methyl sites for hydroxylation is 2. The van der Waals surface area contributed by atoms with Crippen LogP contribution in [-0.4, -0.2) is 9.55 Å². The molecule has 24 heavy (non-hydrogen) atoms. The smallest absolute Gasteiger partial charge is 0.280 e. The van der Waals surface area contributed by atoms with E-state index in [0.29, 0.717) is 10.8 Å². The minimum absolute atomic E-state index is 0.145. The zero-order chi connectivity index (χ0) is 17.1. The van der Waals surface area contributed by atoms with Crippen LogP contribution in [0.3, 0.4) is 0 Å². The third kappa shape index (κ3) is 3.57. The van der Waals surface area contributed by atoms with E-state index in [9.17, 15) is 9.18 Å². The first-order chi connectivity index (χ1) is 11.5. The number of hydrogen-bond donors (Lipinski definition) is 0. The Morgan fingerprint density at radius 2 is 1.83 bits per heavy atom. The summed E-state index contributed by atoms with van der Waals surface area (Å²) >= 11 is 1.36. The van der Waals surface area contributed by atoms with Crippen molar-refractivity contribution in [2.45, 2.75) is 24.6 Å². The van der Waals surface area contributed by atoms with Crippen molar-refractivity contribution in [1.29, 1.82) is 0 Å². The molecule has 2 aromatic carbocycles. The molecule has 1 heterocycles. The summed E-state index contributed by atoms with van der Waals surface area (Å²) in [6.07, 6.45) is 3.30. The van der Waals surface area contributed by atoms with Crippen LogP contribution in [0.4, 0.5) is 4.39 Å². The van der Waals surface area contributed by atoms with Gasteiger partial charge in [-0.25, -0.2) is 9.37 Å². The van der Waals surface area contributed by atoms with Crippen molar-refractivity contribution < 1.29 is 4.39 Å². The lowest BCUT2D eigenvalue weighted by Crippen LogP contribution is -2.20. The van der Waals surface area contributed by atoms with Gasteiger partial charge in [0.05, 0.1) is 0 Å². The van der Waals surface area contributed by atoms with Gasteiger partial charge in [-0.2, -0.15) is 0 Å². The maximum Gasteiger partial charge on any atom is 0.287 e. The molecule has 0 spiro atoms. The molecule has 0 saturated heterocycles. The van der Waals surface area contributed by atoms with Gasteiger partial charge in [0.1, 0.15) is 5.82 Å². The predicted molar refractivity (Wildman–Crippen MR) is 95.3 cm³/mol. The molecule has 122 valence electrons. The van der Waals surface area contributed by atoms with Gasteiger partial charge in [0, 0.05) is 23.8 Å². The fourth-order valence-corrected chi connectivity index (χ4v) is 3.16. The molecule has 0 bridgehead atoms. The molecule has 3 aromatic rings. The topological polar surface area (TPSA) is 34.9 Å². The van der Waals surface area contributed by atoms with Crippen LogP contribution >= 0.6 is 11.8 Å². The molecule has 0 unspecified atom stereocenters. The average Bonchev–Trinajstić information content (AvgIpc) is 2.58. The Morgan fingerprint density at radius 1 is 1.08 bits per heavy atom. The third-order valence-corrected chi connectivity index (χ3v) is 4.90. The number of hydrogen-bond acceptors (Lipinski definition) is 3. The molecule has 3 nitrogen and oxygen atoms in total. The second kappa shape index (κ2) is 7.01. The van der Waals surface area contributed by atoms with E-state index in [1.54, 1.807) is 29.1 Å². The minimum Gasteiger partial charge on any atom is -0.280 e. The van der Waals surface area contributed by atoms with E-state index in [1.165, 1.54) is 29.5 Å². The summed E-state index contributed by atoms with van der Waals surface area (Å²) in [5.41, 5.74) is 3.95. The van der Waals surface area contributed by atoms with Gasteiger partial charge in [-0.1, -0.05) is 30.0 Å². The van der Waals surface area contributed by atoms with Crippen molar-refractivity contribution in [1.82, 2.24) is 9.55 Å². The fourth-order valence-electron chi connectivity index (χ4n) is 2.30. The Hall–Kier alpha value is -2.40. The Morgan fingerprint density at radius 3 is 2.54 bits per heavy atom. The van der Waals surface area contributed by atoms with E-state index >= 15 is 0 Å². The molecule has 3 rings (SSSR count). The molecule has 0 aliphatic heterocycles. The monoisotopic (exact) mass is 340 g/mol. The van der Waals surface area contributed by atoms with Gasteiger partial charge >= 0.3 is 0 Å². The zero-order valence-electron chi connectivity index (χ0n) is 13.5. The first-order valence-electron chi connectivity index (χ1n) is 7.57. The second-order valence-electron chi connectivity index (χ2n) is 5.59. The van der Waals surface area contributed by atoms with Gasteiger partial charge in [0.2, 0.25) is 0 Å². The van der Waals surface area contributed by atoms with Crippen molar-refractivity contribution >= 4 is 11.8 Å². The lowest BCUT2D eigenvalue weighted by molar-refractivity contribution is 0.627. The summed E-state index contributed by atoms with van der Waals surface area (Å²) in [5.74, 6) is 0.304. The maximum atomic E-state index is 12.9. The van der Waals surface area contributed by atoms with Gasteiger partial charge in [0.15, 0.2) is 5.03 Å². The van der Waals surface area contributed by atoms with E-state index in [0.717, 1.165) is 16.8 Å². The molecule has 0 aliphatic carbocycles. The summed E-state index contributed by atoms with van der Waals surface area (Å²) in [6.45, 7) is 4.06. The summed E-state index contributed by atoms with van der Waals surface area (Å²) in [6, 6.07) is 12.2. The van der Waals surface area contributed by atoms with Gasteiger partial charge in [-0.15, -0.1) is 0 Å². The summed E-state index contributed by atoms with van der Waals surface area (Å²) in [4.78, 5) is 16.9. The third-order valence-electron chi connectivity index (χ3n) is 3.87. The molecule has 1 aromatic heterocycles. The van der Waals surface area contributed by atoms with Crippen LogP contribution in [0.25, 0.3) is 5.69 Å². The standard InChI is InChI=1S/C19H17FN2OS/c1-13-3-8-17(11-14(13)2)22-10-9-21-18(19(22)23)24-12-15-4-6-16(20)7-5-15/h3-11H,12H2,1-2H3. The summed E-state index contributed by atoms with van der Waals surface area (Å²) < 4.78 is 14.5. The number of nitrogens with zero attached hydrogens (tertiary/aromatic N) is 2. The lowest BCUT2D eigenvalue weighted by atomic mass is 10.1. The molecule has 0 amide bonds. The Bertz CT molecular complexity index is 919. The Balaban J connectivity index is 1.86. The second-order valence-corrected chi connectivity index (χ2v) is 6.56. The molecule has 0 fully saturated rings. The zero-order valence-corrected chi connectivity index (χ0v) is 14.3. The maximum absolute atomic E-state index is 12.9. The molecular weight excluding hydrogens is 323 g/mol. The minimum atomic E-state index is -0.265. The van der Waals surface area contributed by atoms with Gasteiger partial charge in [-0.05, 0) is 54.8 Å². The summed E-state index contributed by atoms with van der Waals surface area (Å²) in [5, 5.41) is 0.431. The highest BCUT2D eigenvalue weighted by atomic mass is 32.2. The predicted octanol–water partition coefficient (Wildman–Crippen LogP) is 4.28. The molecular formula is C19H17FN2OS. The fraction of sp³-hybridized carbons (Fsp3) is 0.158. The van der Waals surface area contributed by atoms with Crippen LogP contribution in [0, 0.1) is 19.7 Å². The Kier molecular flexibility index (Phi) is 4.81. The lowest BCUT2D eigenvalue weighted by Gasteiger charge is -2.09. The average molecular weight is 340 g/mol. The number of rotatable bonds is 4. The quantitative estimate of drug-likeness (QED) is 0.665. The number of benzene rings is 2. The highest BCUT2D eigenvalue weighted by Gasteiger charge is 2.08. The van der Waals surface area contributed by atoms with E-state index in [4.69, 9.17) is 0 Å². The van der Waals surface area contributed by atoms with E-state index in [1.807, 2.05) is 32.0 Å². The van der Waals surface area contributed by atoms with Crippen LogP contribution in [-0.2, 0) is 5.75 Å². The summed E-state index contributed by atoms with van der Waals surface area (Å²) in [7, 11) is 0. The van der Waals surface area contributed by atoms with Crippen LogP contribution in [0.5, 0.6) is 0 Å². The van der Waals surface area contributed by atoms with Gasteiger partial charge in [0.25, 0.3) is 5.56 Å². The molecule has 0 radical (unpaired) electrons. The van der Waals surface area contributed by atoms with Gasteiger partial charge < -0.3 is 0 Å². The first-order valence-corrected chi connectivity index (χ1v) is 8.56. The SMILES string of the molecule is Cc1ccc(-n2ccnc(SCc3ccc(F)cc3)c2=O)cc1C. The largest absolute Gasteiger partial charge is 0.287 e. The van der Waals surface area contributed by atoms with Crippen LogP contribution in [0.1, 0.15) is 16.7 Å². The normalized spacial score (nSPS) is 10.8. The highest BCUT2D eigenvalue weighted by molar-refractivity contribution is 7.98. The molecule has 5 heteroatoms. The van der Waals surface area contributed by atoms with E-state index < -0.39 is 0 Å². The van der Waals surface area contributed by atoms with E-state index in [2.05, 4.69) is 4.98 Å². The van der Waals surface area contributed by atoms with Crippen molar-refractivity contribution in [3.8, 4) is 5.69 Å². The van der Waals surface area contributed by atoms with Crippen LogP contribution in [0.2, 0.25) is 0 Å². The van der Waals surface area contributed by atoms with Crippen molar-refractivity contribution in [3.05, 3.63) is 87.7 Å². The first kappa shape index (κ1) is 16.5. The number of halogens is 1. The molecule has 0 atom stereocenters. The van der Waals surface area contributed by atoms with Crippen LogP contribution < -0.4 is 5.56 Å². The molecule has 0 N–H and O–H groups in total. The number of thioether (sulfide) groups is 1. The molecule has 0 aliphatic rings.